The quantitative estimate of drug-likeness (QED) is 0.0275. The molecule has 0 aromatic carbocycles. The molecule has 2 aliphatic rings. The van der Waals surface area contributed by atoms with E-state index < -0.39 is 52.4 Å². The second-order valence-corrected chi connectivity index (χ2v) is 18.0. The molecule has 22 heteroatoms. The molecule has 0 bridgehead atoms. The van der Waals surface area contributed by atoms with E-state index >= 15 is 0 Å². The zero-order valence-electron chi connectivity index (χ0n) is 36.0. The second kappa shape index (κ2) is 27.4. The topological polar surface area (TPSA) is 295 Å². The molecule has 0 radical (unpaired) electrons. The van der Waals surface area contributed by atoms with Crippen molar-refractivity contribution in [2.75, 3.05) is 45.2 Å². The van der Waals surface area contributed by atoms with Gasteiger partial charge in [-0.1, -0.05) is 12.8 Å². The highest BCUT2D eigenvalue weighted by Gasteiger charge is 2.39. The van der Waals surface area contributed by atoms with E-state index in [-0.39, 0.29) is 111 Å². The maximum absolute atomic E-state index is 12.8. The number of thioether (sulfide) groups is 2. The monoisotopic (exact) mass is 912 g/mol. The first-order valence-electron chi connectivity index (χ1n) is 21.0. The van der Waals surface area contributed by atoms with Gasteiger partial charge in [-0.15, -0.1) is 23.5 Å². The normalized spacial score (nSPS) is 17.7. The van der Waals surface area contributed by atoms with Gasteiger partial charge in [-0.05, 0) is 64.7 Å². The van der Waals surface area contributed by atoms with Crippen molar-refractivity contribution in [2.24, 2.45) is 0 Å². The Hall–Kier alpha value is -4.73. The van der Waals surface area contributed by atoms with Gasteiger partial charge in [-0.3, -0.25) is 48.2 Å². The third-order valence-electron chi connectivity index (χ3n) is 10.8. The van der Waals surface area contributed by atoms with Gasteiger partial charge in [-0.25, -0.2) is 9.59 Å². The summed E-state index contributed by atoms with van der Waals surface area (Å²) in [5.41, 5.74) is 0. The van der Waals surface area contributed by atoms with Gasteiger partial charge in [0.1, 0.15) is 12.1 Å². The Labute approximate surface area is 370 Å². The summed E-state index contributed by atoms with van der Waals surface area (Å²) in [5.74, 6) is -5.20. The van der Waals surface area contributed by atoms with Crippen LogP contribution < -0.4 is 15.7 Å². The molecule has 62 heavy (non-hydrogen) atoms. The summed E-state index contributed by atoms with van der Waals surface area (Å²) in [7, 11) is 2.80. The van der Waals surface area contributed by atoms with Gasteiger partial charge < -0.3 is 41.2 Å². The third-order valence-corrected chi connectivity index (χ3v) is 13.2. The number of likely N-dealkylation sites (tertiary alicyclic amines) is 2. The number of unbranched alkanes of at least 4 members (excludes halogenated alkanes) is 5. The standard InChI is InChI=1S/C40H63N7O13S2/c1-25(39(57)58)44(3)32(50)16-21-61-28-23-34(52)46(37(28)55)19-11-5-7-14-30(48)42-18-10-9-13-27(36(41)54)43-31(49)15-8-6-12-20-47-35(53)24-29(38(47)56)62-22-17-33(51)45(4)26(2)40(59)60/h25-29H,5-24H2,1-4H3,(H2,41,54)(H,42,48)(H,43,49)(H,57,58)(H,59,60)/p-1/t25-,26-,27+,28?,29?/m0/s1. The minimum Gasteiger partial charge on any atom is -0.861 e. The number of carbonyl (C=O) groups excluding carboxylic acids is 8. The number of imide groups is 2. The number of likely N-dealkylation sites (N-methyl/N-ethyl adjacent to an activating group) is 2. The van der Waals surface area contributed by atoms with Crippen molar-refractivity contribution in [1.82, 2.24) is 30.2 Å². The average Bonchev–Trinajstić information content (AvgIpc) is 3.65. The molecule has 2 rings (SSSR count). The summed E-state index contributed by atoms with van der Waals surface area (Å²) in [4.78, 5) is 127. The molecule has 2 unspecified atom stereocenters. The van der Waals surface area contributed by atoms with Crippen LogP contribution in [0.1, 0.15) is 110 Å². The predicted octanol–water partition coefficient (Wildman–Crippen LogP) is 0.581. The number of carboxylic acid groups (broad SMARTS) is 2. The van der Waals surface area contributed by atoms with Crippen molar-refractivity contribution < 1.29 is 63.3 Å². The van der Waals surface area contributed by atoms with Crippen molar-refractivity contribution in [2.45, 2.75) is 139 Å². The zero-order valence-corrected chi connectivity index (χ0v) is 37.7. The minimum atomic E-state index is -1.13. The highest BCUT2D eigenvalue weighted by atomic mass is 32.2. The maximum Gasteiger partial charge on any atom is 0.326 e. The van der Waals surface area contributed by atoms with Crippen LogP contribution in [0.5, 0.6) is 0 Å². The summed E-state index contributed by atoms with van der Waals surface area (Å²) in [6.07, 6.45) is 4.80. The van der Waals surface area contributed by atoms with Crippen LogP contribution in [-0.2, 0) is 47.9 Å². The summed E-state index contributed by atoms with van der Waals surface area (Å²) < 4.78 is 0. The minimum absolute atomic E-state index is 0.0156. The molecule has 0 saturated carbocycles. The fraction of sp³-hybridized carbons (Fsp3) is 0.725. The Kier molecular flexibility index (Phi) is 23.6. The highest BCUT2D eigenvalue weighted by molar-refractivity contribution is 8.00. The first-order chi connectivity index (χ1) is 29.3. The number of carboxylic acids is 2. The van der Waals surface area contributed by atoms with Crippen LogP contribution >= 0.6 is 23.5 Å². The van der Waals surface area contributed by atoms with E-state index in [4.69, 9.17) is 15.6 Å². The number of hydrogen-bond acceptors (Lipinski definition) is 14. The number of aliphatic carboxylic acids is 2. The van der Waals surface area contributed by atoms with Crippen LogP contribution in [0.4, 0.5) is 0 Å². The molecule has 2 fully saturated rings. The average molecular weight is 913 g/mol. The first-order valence-corrected chi connectivity index (χ1v) is 23.1. The van der Waals surface area contributed by atoms with Gasteiger partial charge in [0.05, 0.1) is 16.5 Å². The van der Waals surface area contributed by atoms with Crippen LogP contribution in [0.15, 0.2) is 0 Å². The molecule has 20 nitrogen and oxygen atoms in total. The van der Waals surface area contributed by atoms with Crippen LogP contribution in [0.25, 0.3) is 0 Å². The van der Waals surface area contributed by atoms with E-state index in [1.165, 1.54) is 61.3 Å². The van der Waals surface area contributed by atoms with Gasteiger partial charge in [0.15, 0.2) is 0 Å². The van der Waals surface area contributed by atoms with Crippen LogP contribution in [0.3, 0.4) is 0 Å². The molecule has 2 heterocycles. The molecular weight excluding hydrogens is 851 g/mol. The number of carbonyl (C=O) groups is 10. The Bertz CT molecular complexity index is 1650. The van der Waals surface area contributed by atoms with Gasteiger partial charge >= 0.3 is 11.9 Å². The number of hydrogen-bond donors (Lipinski definition) is 5. The number of amides is 8. The van der Waals surface area contributed by atoms with Crippen molar-refractivity contribution in [3.05, 3.63) is 0 Å². The SMILES string of the molecule is C[C@@H](C(=O)O)N(C)C(=O)CCSC1CC(=O)N(CCCCCC(=O)NCCCC[C@@H](NC(=O)CCCCCN2C(=O)CC(SCCC(=O)N(C)[C@@H](C)C(=O)O)C2=O)C(=N)[O-])C1=O. The molecule has 0 aromatic rings. The van der Waals surface area contributed by atoms with Gasteiger partial charge in [-0.2, -0.15) is 0 Å². The molecule has 2 aliphatic heterocycles. The lowest BCUT2D eigenvalue weighted by Crippen LogP contribution is -2.45. The van der Waals surface area contributed by atoms with Crippen LogP contribution in [0, 0.1) is 5.41 Å². The lowest BCUT2D eigenvalue weighted by molar-refractivity contribution is -0.223. The summed E-state index contributed by atoms with van der Waals surface area (Å²) in [6, 6.07) is -2.94. The molecule has 5 atom stereocenters. The van der Waals surface area contributed by atoms with Crippen LogP contribution in [0.2, 0.25) is 0 Å². The number of nitrogens with one attached hydrogen (secondary N) is 3. The van der Waals surface area contributed by atoms with Crippen LogP contribution in [-0.4, -0.2) is 169 Å². The van der Waals surface area contributed by atoms with E-state index in [1.54, 1.807) is 0 Å². The molecule has 5 N–H and O–H groups in total. The lowest BCUT2D eigenvalue weighted by Gasteiger charge is -2.23. The van der Waals surface area contributed by atoms with Crippen molar-refractivity contribution >= 4 is 88.6 Å². The van der Waals surface area contributed by atoms with Gasteiger partial charge in [0.2, 0.25) is 47.3 Å². The maximum atomic E-state index is 12.8. The summed E-state index contributed by atoms with van der Waals surface area (Å²) >= 11 is 2.39. The molecular formula is C40H62N7O13S2-. The van der Waals surface area contributed by atoms with E-state index in [2.05, 4.69) is 10.6 Å². The van der Waals surface area contributed by atoms with Crippen molar-refractivity contribution in [3.63, 3.8) is 0 Å². The molecule has 0 aliphatic carbocycles. The Morgan fingerprint density at radius 2 is 1.13 bits per heavy atom. The molecule has 0 spiro atoms. The van der Waals surface area contributed by atoms with E-state index in [0.717, 1.165) is 9.80 Å². The smallest absolute Gasteiger partial charge is 0.326 e. The molecule has 8 amide bonds. The highest BCUT2D eigenvalue weighted by Crippen LogP contribution is 2.28. The van der Waals surface area contributed by atoms with E-state index in [9.17, 15) is 53.1 Å². The summed E-state index contributed by atoms with van der Waals surface area (Å²) in [5, 5.41) is 41.7. The molecule has 2 saturated heterocycles. The van der Waals surface area contributed by atoms with Gasteiger partial charge in [0, 0.05) is 83.8 Å². The number of nitrogens with zero attached hydrogens (tertiary/aromatic N) is 4. The third kappa shape index (κ3) is 17.9. The van der Waals surface area contributed by atoms with E-state index in [1.807, 2.05) is 0 Å². The first kappa shape index (κ1) is 53.4. The second-order valence-electron chi connectivity index (χ2n) is 15.4. The molecule has 0 aromatic heterocycles. The molecule has 348 valence electrons. The van der Waals surface area contributed by atoms with E-state index in [0.29, 0.717) is 57.9 Å². The van der Waals surface area contributed by atoms with Gasteiger partial charge in [0.25, 0.3) is 0 Å². The Balaban J connectivity index is 1.54. The Morgan fingerprint density at radius 1 is 0.694 bits per heavy atom. The Morgan fingerprint density at radius 3 is 1.55 bits per heavy atom. The lowest BCUT2D eigenvalue weighted by atomic mass is 10.1. The van der Waals surface area contributed by atoms with Crippen molar-refractivity contribution in [1.29, 1.82) is 5.41 Å². The number of rotatable bonds is 31. The fourth-order valence-corrected chi connectivity index (χ4v) is 8.73. The summed E-state index contributed by atoms with van der Waals surface area (Å²) in [6.45, 7) is 3.56. The largest absolute Gasteiger partial charge is 0.861 e. The van der Waals surface area contributed by atoms with Crippen molar-refractivity contribution in [3.8, 4) is 0 Å². The zero-order chi connectivity index (χ0) is 46.5. The fourth-order valence-electron chi connectivity index (χ4n) is 6.52. The predicted molar refractivity (Wildman–Crippen MR) is 228 cm³/mol.